The Hall–Kier alpha value is -2.43. The molecule has 2 aliphatic rings. The number of carbonyl (C=O) groups excluding carboxylic acids is 2. The highest BCUT2D eigenvalue weighted by atomic mass is 35.5. The van der Waals surface area contributed by atoms with Gasteiger partial charge in [-0.15, -0.1) is 11.8 Å². The van der Waals surface area contributed by atoms with E-state index in [4.69, 9.17) is 11.6 Å². The van der Waals surface area contributed by atoms with E-state index in [-0.39, 0.29) is 23.6 Å². The maximum Gasteiger partial charge on any atom is 0.390 e. The van der Waals surface area contributed by atoms with Crippen LogP contribution < -0.4 is 5.32 Å². The van der Waals surface area contributed by atoms with Gasteiger partial charge < -0.3 is 15.1 Å². The topological polar surface area (TPSA) is 55.9 Å². The summed E-state index contributed by atoms with van der Waals surface area (Å²) >= 11 is 7.41. The number of aryl methyl sites for hydroxylation is 1. The number of nitrogens with one attached hydrogen (secondary N) is 1. The van der Waals surface area contributed by atoms with Gasteiger partial charge in [-0.2, -0.15) is 13.2 Å². The summed E-state index contributed by atoms with van der Waals surface area (Å²) in [5.74, 6) is -0.196. The number of likely N-dealkylation sites (tertiary alicyclic amines) is 2. The van der Waals surface area contributed by atoms with Crippen LogP contribution in [0.4, 0.5) is 18.9 Å². The lowest BCUT2D eigenvalue weighted by Gasteiger charge is -2.47. The largest absolute Gasteiger partial charge is 0.390 e. The van der Waals surface area contributed by atoms with Gasteiger partial charge in [-0.1, -0.05) is 41.4 Å². The molecule has 0 aromatic heterocycles. The average molecular weight is 597 g/mol. The standard InChI is InChI=1S/C29H36ClF3N4O2S/c1-19-5-4-6-20(13-19)26(15-29(31,32)33)40-18-27(38)36-11-9-23(10-12-36)37-16-22(17-37)34-21-7-8-24(25(30)14-21)28(39)35(2)3/h4-8,13-14,22-23,26,34H,9-12,15-18H2,1-3H3. The van der Waals surface area contributed by atoms with Crippen LogP contribution >= 0.6 is 23.4 Å². The Balaban J connectivity index is 1.21. The fourth-order valence-corrected chi connectivity index (χ4v) is 6.69. The molecule has 2 aromatic carbocycles. The zero-order valence-corrected chi connectivity index (χ0v) is 24.6. The summed E-state index contributed by atoms with van der Waals surface area (Å²) in [5, 5.41) is 3.09. The number of carbonyl (C=O) groups is 2. The molecule has 6 nitrogen and oxygen atoms in total. The van der Waals surface area contributed by atoms with Crippen molar-refractivity contribution in [3.8, 4) is 0 Å². The van der Waals surface area contributed by atoms with Crippen molar-refractivity contribution in [2.24, 2.45) is 0 Å². The summed E-state index contributed by atoms with van der Waals surface area (Å²) in [6, 6.07) is 13.1. The second-order valence-electron chi connectivity index (χ2n) is 10.8. The van der Waals surface area contributed by atoms with Gasteiger partial charge in [0.05, 0.1) is 28.8 Å². The van der Waals surface area contributed by atoms with Gasteiger partial charge >= 0.3 is 6.18 Å². The Kier molecular flexibility index (Phi) is 9.95. The third kappa shape index (κ3) is 8.07. The number of amides is 2. The summed E-state index contributed by atoms with van der Waals surface area (Å²) in [4.78, 5) is 30.7. The number of piperidine rings is 1. The molecule has 11 heteroatoms. The van der Waals surface area contributed by atoms with E-state index in [0.29, 0.717) is 35.3 Å². The summed E-state index contributed by atoms with van der Waals surface area (Å²) in [6.45, 7) is 4.83. The highest BCUT2D eigenvalue weighted by Gasteiger charge is 2.36. The zero-order valence-electron chi connectivity index (χ0n) is 23.0. The molecule has 0 spiro atoms. The van der Waals surface area contributed by atoms with Crippen molar-refractivity contribution >= 4 is 40.9 Å². The Morgan fingerprint density at radius 1 is 1.12 bits per heavy atom. The Bertz CT molecular complexity index is 1200. The lowest BCUT2D eigenvalue weighted by Crippen LogP contribution is -2.60. The van der Waals surface area contributed by atoms with Crippen LogP contribution in [-0.2, 0) is 4.79 Å². The molecule has 2 heterocycles. The van der Waals surface area contributed by atoms with Crippen LogP contribution in [0.25, 0.3) is 0 Å². The van der Waals surface area contributed by atoms with Crippen LogP contribution in [0.2, 0.25) is 5.02 Å². The number of hydrogen-bond donors (Lipinski definition) is 1. The van der Waals surface area contributed by atoms with Crippen molar-refractivity contribution in [2.75, 3.05) is 51.3 Å². The van der Waals surface area contributed by atoms with E-state index in [1.807, 2.05) is 19.1 Å². The Morgan fingerprint density at radius 2 is 1.82 bits per heavy atom. The second kappa shape index (κ2) is 13.0. The summed E-state index contributed by atoms with van der Waals surface area (Å²) in [6.07, 6.45) is -3.56. The highest BCUT2D eigenvalue weighted by molar-refractivity contribution is 8.00. The molecule has 40 heavy (non-hydrogen) atoms. The molecule has 1 unspecified atom stereocenters. The lowest BCUT2D eigenvalue weighted by atomic mass is 9.97. The number of halogens is 4. The van der Waals surface area contributed by atoms with Gasteiger partial charge in [0.1, 0.15) is 0 Å². The predicted octanol–water partition coefficient (Wildman–Crippen LogP) is 5.86. The SMILES string of the molecule is Cc1cccc(C(CC(F)(F)F)SCC(=O)N2CCC(N3CC(Nc4ccc(C(=O)N(C)C)c(Cl)c4)C3)CC2)c1. The third-order valence-electron chi connectivity index (χ3n) is 7.46. The van der Waals surface area contributed by atoms with E-state index in [2.05, 4.69) is 10.2 Å². The van der Waals surface area contributed by atoms with E-state index >= 15 is 0 Å². The molecule has 2 aromatic rings. The van der Waals surface area contributed by atoms with E-state index < -0.39 is 17.8 Å². The van der Waals surface area contributed by atoms with Crippen LogP contribution in [-0.4, -0.2) is 90.8 Å². The minimum absolute atomic E-state index is 0.0382. The molecule has 2 amide bonds. The van der Waals surface area contributed by atoms with Crippen LogP contribution in [0.3, 0.4) is 0 Å². The van der Waals surface area contributed by atoms with Gasteiger partial charge in [-0.25, -0.2) is 0 Å². The number of thioether (sulfide) groups is 1. The first-order chi connectivity index (χ1) is 18.9. The van der Waals surface area contributed by atoms with Gasteiger partial charge in [0.25, 0.3) is 5.91 Å². The smallest absolute Gasteiger partial charge is 0.380 e. The number of hydrogen-bond acceptors (Lipinski definition) is 5. The molecule has 1 N–H and O–H groups in total. The molecule has 2 aliphatic heterocycles. The number of benzene rings is 2. The van der Waals surface area contributed by atoms with E-state index in [1.165, 1.54) is 4.90 Å². The molecule has 0 aliphatic carbocycles. The molecule has 0 radical (unpaired) electrons. The molecule has 1 atom stereocenters. The predicted molar refractivity (Wildman–Crippen MR) is 155 cm³/mol. The molecule has 0 bridgehead atoms. The summed E-state index contributed by atoms with van der Waals surface area (Å²) < 4.78 is 39.7. The van der Waals surface area contributed by atoms with Crippen molar-refractivity contribution in [2.45, 2.75) is 49.7 Å². The van der Waals surface area contributed by atoms with E-state index in [1.54, 1.807) is 49.3 Å². The van der Waals surface area contributed by atoms with Crippen molar-refractivity contribution < 1.29 is 22.8 Å². The molecule has 2 fully saturated rings. The minimum Gasteiger partial charge on any atom is -0.380 e. The second-order valence-corrected chi connectivity index (χ2v) is 12.4. The zero-order chi connectivity index (χ0) is 29.0. The maximum absolute atomic E-state index is 13.2. The van der Waals surface area contributed by atoms with Gasteiger partial charge in [-0.3, -0.25) is 14.5 Å². The first-order valence-electron chi connectivity index (χ1n) is 13.4. The van der Waals surface area contributed by atoms with Crippen molar-refractivity contribution in [1.82, 2.24) is 14.7 Å². The van der Waals surface area contributed by atoms with Crippen LogP contribution in [0.15, 0.2) is 42.5 Å². The number of rotatable bonds is 9. The number of nitrogens with zero attached hydrogens (tertiary/aromatic N) is 3. The van der Waals surface area contributed by atoms with Crippen molar-refractivity contribution in [3.05, 3.63) is 64.2 Å². The Labute approximate surface area is 243 Å². The Morgan fingerprint density at radius 3 is 2.42 bits per heavy atom. The maximum atomic E-state index is 13.2. The van der Waals surface area contributed by atoms with Crippen LogP contribution in [0.1, 0.15) is 46.0 Å². The first kappa shape index (κ1) is 30.5. The highest BCUT2D eigenvalue weighted by Crippen LogP contribution is 2.39. The normalized spacial score (nSPS) is 17.8. The molecule has 0 saturated carbocycles. The molecular formula is C29H36ClF3N4O2S. The van der Waals surface area contributed by atoms with E-state index in [9.17, 15) is 22.8 Å². The number of anilines is 1. The van der Waals surface area contributed by atoms with Crippen LogP contribution in [0, 0.1) is 6.92 Å². The van der Waals surface area contributed by atoms with Gasteiger partial charge in [0.15, 0.2) is 0 Å². The molecule has 4 rings (SSSR count). The lowest BCUT2D eigenvalue weighted by molar-refractivity contribution is -0.135. The van der Waals surface area contributed by atoms with Gasteiger partial charge in [-0.05, 0) is 43.5 Å². The van der Waals surface area contributed by atoms with Crippen molar-refractivity contribution in [3.63, 3.8) is 0 Å². The minimum atomic E-state index is -4.30. The average Bonchev–Trinajstić information content (AvgIpc) is 2.87. The van der Waals surface area contributed by atoms with E-state index in [0.717, 1.165) is 48.9 Å². The molecule has 218 valence electrons. The summed E-state index contributed by atoms with van der Waals surface area (Å²) in [5.41, 5.74) is 2.85. The fourth-order valence-electron chi connectivity index (χ4n) is 5.25. The van der Waals surface area contributed by atoms with Gasteiger partial charge in [0, 0.05) is 57.3 Å². The molecule has 2 saturated heterocycles. The monoisotopic (exact) mass is 596 g/mol. The quantitative estimate of drug-likeness (QED) is 0.393. The molecular weight excluding hydrogens is 561 g/mol. The van der Waals surface area contributed by atoms with Crippen LogP contribution in [0.5, 0.6) is 0 Å². The van der Waals surface area contributed by atoms with Crippen molar-refractivity contribution in [1.29, 1.82) is 0 Å². The fraction of sp³-hybridized carbons (Fsp3) is 0.517. The summed E-state index contributed by atoms with van der Waals surface area (Å²) in [7, 11) is 3.38. The number of alkyl halides is 3. The third-order valence-corrected chi connectivity index (χ3v) is 9.03. The van der Waals surface area contributed by atoms with Gasteiger partial charge in [0.2, 0.25) is 5.91 Å². The first-order valence-corrected chi connectivity index (χ1v) is 14.9.